The van der Waals surface area contributed by atoms with E-state index in [0.29, 0.717) is 31.2 Å². The van der Waals surface area contributed by atoms with Crippen molar-refractivity contribution in [1.29, 1.82) is 0 Å². The van der Waals surface area contributed by atoms with Gasteiger partial charge in [0.15, 0.2) is 11.7 Å². The molecule has 1 aromatic heterocycles. The van der Waals surface area contributed by atoms with Gasteiger partial charge in [-0.2, -0.15) is 0 Å². The number of nitrogens with zero attached hydrogens (tertiary/aromatic N) is 1. The smallest absolute Gasteiger partial charge is 0.220 e. The molecule has 0 aliphatic heterocycles. The maximum Gasteiger partial charge on any atom is 0.220 e. The lowest BCUT2D eigenvalue weighted by atomic mass is 9.87. The fourth-order valence-electron chi connectivity index (χ4n) is 3.43. The van der Waals surface area contributed by atoms with Crippen molar-refractivity contribution in [2.75, 3.05) is 6.54 Å². The lowest BCUT2D eigenvalue weighted by Gasteiger charge is -2.25. The molecule has 1 aliphatic rings. The van der Waals surface area contributed by atoms with E-state index in [2.05, 4.69) is 10.3 Å². The van der Waals surface area contributed by atoms with Crippen LogP contribution in [0.15, 0.2) is 34.7 Å². The summed E-state index contributed by atoms with van der Waals surface area (Å²) in [6.07, 6.45) is 4.45. The number of carbonyl (C=O) groups excluding carboxylic acids is 1. The first-order valence-electron chi connectivity index (χ1n) is 9.08. The van der Waals surface area contributed by atoms with E-state index in [9.17, 15) is 9.90 Å². The largest absolute Gasteiger partial charge is 0.440 e. The van der Waals surface area contributed by atoms with E-state index < -0.39 is 0 Å². The van der Waals surface area contributed by atoms with Crippen molar-refractivity contribution < 1.29 is 14.3 Å². The van der Waals surface area contributed by atoms with E-state index in [0.717, 1.165) is 42.7 Å². The van der Waals surface area contributed by atoms with Gasteiger partial charge in [-0.25, -0.2) is 4.98 Å². The van der Waals surface area contributed by atoms with Crippen molar-refractivity contribution in [2.45, 2.75) is 51.6 Å². The summed E-state index contributed by atoms with van der Waals surface area (Å²) in [7, 11) is 0. The highest BCUT2D eigenvalue weighted by Gasteiger charge is 2.20. The summed E-state index contributed by atoms with van der Waals surface area (Å²) in [5.74, 6) is 1.77. The summed E-state index contributed by atoms with van der Waals surface area (Å²) in [6.45, 7) is 2.57. The summed E-state index contributed by atoms with van der Waals surface area (Å²) in [6, 6.07) is 9.87. The lowest BCUT2D eigenvalue weighted by Crippen LogP contribution is -2.33. The molecule has 1 saturated carbocycles. The molecule has 1 aromatic carbocycles. The highest BCUT2D eigenvalue weighted by atomic mass is 16.4. The highest BCUT2D eigenvalue weighted by Crippen LogP contribution is 2.25. The summed E-state index contributed by atoms with van der Waals surface area (Å²) in [5, 5.41) is 12.7. The quantitative estimate of drug-likeness (QED) is 0.845. The van der Waals surface area contributed by atoms with Gasteiger partial charge in [0.2, 0.25) is 5.91 Å². The van der Waals surface area contributed by atoms with Crippen molar-refractivity contribution in [3.63, 3.8) is 0 Å². The molecule has 2 aromatic rings. The van der Waals surface area contributed by atoms with Gasteiger partial charge >= 0.3 is 0 Å². The summed E-state index contributed by atoms with van der Waals surface area (Å²) >= 11 is 0. The number of nitrogens with one attached hydrogen (secondary N) is 1. The van der Waals surface area contributed by atoms with Crippen molar-refractivity contribution in [3.05, 3.63) is 41.9 Å². The molecule has 0 bridgehead atoms. The second-order valence-corrected chi connectivity index (χ2v) is 6.88. The van der Waals surface area contributed by atoms with E-state index in [-0.39, 0.29) is 12.0 Å². The molecule has 2 unspecified atom stereocenters. The molecule has 1 fully saturated rings. The number of hydrogen-bond acceptors (Lipinski definition) is 4. The van der Waals surface area contributed by atoms with Crippen LogP contribution in [-0.2, 0) is 11.2 Å². The standard InChI is InChI=1S/C20H26N2O3/c1-14-20(16-7-3-2-4-8-16)25-19(22-14)11-10-18(24)21-13-15-6-5-9-17(23)12-15/h2-4,7-8,15,17,23H,5-6,9-13H2,1H3,(H,21,24). The van der Waals surface area contributed by atoms with Gasteiger partial charge in [-0.05, 0) is 32.1 Å². The van der Waals surface area contributed by atoms with E-state index in [1.807, 2.05) is 37.3 Å². The van der Waals surface area contributed by atoms with Gasteiger partial charge in [-0.3, -0.25) is 4.79 Å². The van der Waals surface area contributed by atoms with E-state index in [4.69, 9.17) is 4.42 Å². The third kappa shape index (κ3) is 4.92. The number of aliphatic hydroxyl groups is 1. The van der Waals surface area contributed by atoms with Crippen molar-refractivity contribution in [2.24, 2.45) is 5.92 Å². The molecule has 0 spiro atoms. The van der Waals surface area contributed by atoms with Crippen LogP contribution in [-0.4, -0.2) is 28.6 Å². The molecule has 2 N–H and O–H groups in total. The van der Waals surface area contributed by atoms with Gasteiger partial charge in [-0.1, -0.05) is 36.8 Å². The van der Waals surface area contributed by atoms with Crippen LogP contribution < -0.4 is 5.32 Å². The molecule has 134 valence electrons. The topological polar surface area (TPSA) is 75.4 Å². The third-order valence-corrected chi connectivity index (χ3v) is 4.79. The number of benzene rings is 1. The first kappa shape index (κ1) is 17.7. The van der Waals surface area contributed by atoms with E-state index >= 15 is 0 Å². The summed E-state index contributed by atoms with van der Waals surface area (Å²) < 4.78 is 5.84. The number of aliphatic hydroxyl groups excluding tert-OH is 1. The molecule has 5 nitrogen and oxygen atoms in total. The first-order valence-corrected chi connectivity index (χ1v) is 9.08. The number of amides is 1. The maximum absolute atomic E-state index is 12.1. The Morgan fingerprint density at radius 3 is 2.88 bits per heavy atom. The van der Waals surface area contributed by atoms with Crippen LogP contribution in [0, 0.1) is 12.8 Å². The Balaban J connectivity index is 1.48. The van der Waals surface area contributed by atoms with Crippen LogP contribution >= 0.6 is 0 Å². The number of oxazole rings is 1. The molecule has 1 heterocycles. The molecular weight excluding hydrogens is 316 g/mol. The van der Waals surface area contributed by atoms with Crippen LogP contribution in [0.1, 0.15) is 43.7 Å². The van der Waals surface area contributed by atoms with Crippen molar-refractivity contribution in [1.82, 2.24) is 10.3 Å². The Bertz CT molecular complexity index is 696. The van der Waals surface area contributed by atoms with Gasteiger partial charge in [0.1, 0.15) is 0 Å². The molecular formula is C20H26N2O3. The van der Waals surface area contributed by atoms with Crippen LogP contribution in [0.5, 0.6) is 0 Å². The normalized spacial score (nSPS) is 20.4. The second kappa shape index (κ2) is 8.30. The average Bonchev–Trinajstić information content (AvgIpc) is 3.00. The zero-order valence-electron chi connectivity index (χ0n) is 14.7. The molecule has 2 atom stereocenters. The van der Waals surface area contributed by atoms with Crippen LogP contribution in [0.3, 0.4) is 0 Å². The molecule has 0 radical (unpaired) electrons. The van der Waals surface area contributed by atoms with Crippen molar-refractivity contribution in [3.8, 4) is 11.3 Å². The predicted molar refractivity (Wildman–Crippen MR) is 96.0 cm³/mol. The molecule has 3 rings (SSSR count). The first-order chi connectivity index (χ1) is 12.1. The van der Waals surface area contributed by atoms with Gasteiger partial charge in [0.05, 0.1) is 11.8 Å². The van der Waals surface area contributed by atoms with Gasteiger partial charge in [0, 0.05) is 24.9 Å². The minimum atomic E-state index is -0.206. The average molecular weight is 342 g/mol. The van der Waals surface area contributed by atoms with Crippen LogP contribution in [0.25, 0.3) is 11.3 Å². The van der Waals surface area contributed by atoms with E-state index in [1.165, 1.54) is 0 Å². The Morgan fingerprint density at radius 1 is 1.32 bits per heavy atom. The van der Waals surface area contributed by atoms with Crippen LogP contribution in [0.2, 0.25) is 0 Å². The number of carbonyl (C=O) groups is 1. The minimum Gasteiger partial charge on any atom is -0.440 e. The lowest BCUT2D eigenvalue weighted by molar-refractivity contribution is -0.121. The molecule has 1 amide bonds. The summed E-state index contributed by atoms with van der Waals surface area (Å²) in [5.41, 5.74) is 1.84. The van der Waals surface area contributed by atoms with Gasteiger partial charge in [0.25, 0.3) is 0 Å². The zero-order valence-corrected chi connectivity index (χ0v) is 14.7. The molecule has 0 saturated heterocycles. The summed E-state index contributed by atoms with van der Waals surface area (Å²) in [4.78, 5) is 16.5. The van der Waals surface area contributed by atoms with Gasteiger partial charge < -0.3 is 14.8 Å². The second-order valence-electron chi connectivity index (χ2n) is 6.88. The van der Waals surface area contributed by atoms with Crippen LogP contribution in [0.4, 0.5) is 0 Å². The fraction of sp³-hybridized carbons (Fsp3) is 0.500. The molecule has 1 aliphatic carbocycles. The van der Waals surface area contributed by atoms with Gasteiger partial charge in [-0.15, -0.1) is 0 Å². The number of hydrogen-bond donors (Lipinski definition) is 2. The van der Waals surface area contributed by atoms with Crippen molar-refractivity contribution >= 4 is 5.91 Å². The number of rotatable bonds is 6. The number of aryl methyl sites for hydroxylation is 2. The Hall–Kier alpha value is -2.14. The minimum absolute atomic E-state index is 0.0113. The fourth-order valence-corrected chi connectivity index (χ4v) is 3.43. The monoisotopic (exact) mass is 342 g/mol. The number of aromatic nitrogens is 1. The SMILES string of the molecule is Cc1nc(CCC(=O)NCC2CCCC(O)C2)oc1-c1ccccc1. The third-order valence-electron chi connectivity index (χ3n) is 4.79. The Labute approximate surface area is 148 Å². The highest BCUT2D eigenvalue weighted by molar-refractivity contribution is 5.76. The Kier molecular flexibility index (Phi) is 5.87. The maximum atomic E-state index is 12.1. The Morgan fingerprint density at radius 2 is 2.12 bits per heavy atom. The predicted octanol–water partition coefficient (Wildman–Crippen LogP) is 3.25. The van der Waals surface area contributed by atoms with E-state index in [1.54, 1.807) is 0 Å². The zero-order chi connectivity index (χ0) is 17.6. The molecule has 25 heavy (non-hydrogen) atoms. The molecule has 5 heteroatoms.